The summed E-state index contributed by atoms with van der Waals surface area (Å²) < 4.78 is 30.9. The minimum atomic E-state index is -3.80. The summed E-state index contributed by atoms with van der Waals surface area (Å²) in [4.78, 5) is 0. The first-order chi connectivity index (χ1) is 5.54. The van der Waals surface area contributed by atoms with E-state index < -0.39 is 16.0 Å². The van der Waals surface area contributed by atoms with E-state index in [-0.39, 0.29) is 0 Å². The lowest BCUT2D eigenvalue weighted by atomic mass is 9.98. The first-order valence-electron chi connectivity index (χ1n) is 3.85. The van der Waals surface area contributed by atoms with Crippen LogP contribution in [-0.4, -0.2) is 14.0 Å². The molecule has 0 aromatic carbocycles. The predicted molar refractivity (Wildman–Crippen MR) is 43.5 cm³/mol. The SMILES string of the molecule is CCC1(CC)C=COS(=O)(=O)O1. The van der Waals surface area contributed by atoms with Gasteiger partial charge in [-0.2, -0.15) is 8.42 Å². The van der Waals surface area contributed by atoms with Crippen molar-refractivity contribution in [2.75, 3.05) is 0 Å². The van der Waals surface area contributed by atoms with Crippen LogP contribution in [0.1, 0.15) is 26.7 Å². The molecular weight excluding hydrogens is 180 g/mol. The molecular formula is C7H12O4S. The molecule has 1 rings (SSSR count). The number of rotatable bonds is 2. The molecule has 0 N–H and O–H groups in total. The van der Waals surface area contributed by atoms with Crippen LogP contribution in [0.5, 0.6) is 0 Å². The highest BCUT2D eigenvalue weighted by Gasteiger charge is 2.34. The maximum Gasteiger partial charge on any atom is 0.449 e. The summed E-state index contributed by atoms with van der Waals surface area (Å²) in [6.07, 6.45) is 4.03. The topological polar surface area (TPSA) is 52.6 Å². The van der Waals surface area contributed by atoms with E-state index in [9.17, 15) is 8.42 Å². The minimum Gasteiger partial charge on any atom is -0.370 e. The average molecular weight is 192 g/mol. The van der Waals surface area contributed by atoms with Crippen molar-refractivity contribution < 1.29 is 16.8 Å². The van der Waals surface area contributed by atoms with E-state index in [0.29, 0.717) is 12.8 Å². The lowest BCUT2D eigenvalue weighted by Gasteiger charge is -2.28. The standard InChI is InChI=1S/C7H12O4S/c1-3-7(4-2)5-6-10-12(8,9)11-7/h5-6H,3-4H2,1-2H3. The Labute approximate surface area is 72.5 Å². The highest BCUT2D eigenvalue weighted by atomic mass is 32.3. The van der Waals surface area contributed by atoms with Crippen LogP contribution in [0.2, 0.25) is 0 Å². The van der Waals surface area contributed by atoms with Crippen molar-refractivity contribution in [2.45, 2.75) is 32.3 Å². The van der Waals surface area contributed by atoms with Gasteiger partial charge in [0.15, 0.2) is 0 Å². The second kappa shape index (κ2) is 3.06. The molecule has 4 nitrogen and oxygen atoms in total. The van der Waals surface area contributed by atoms with Crippen molar-refractivity contribution in [3.8, 4) is 0 Å². The van der Waals surface area contributed by atoms with E-state index >= 15 is 0 Å². The van der Waals surface area contributed by atoms with Crippen LogP contribution < -0.4 is 0 Å². The average Bonchev–Trinajstić information content (AvgIpc) is 2.02. The summed E-state index contributed by atoms with van der Waals surface area (Å²) in [6, 6.07) is 0. The van der Waals surface area contributed by atoms with Crippen molar-refractivity contribution in [3.05, 3.63) is 12.3 Å². The zero-order chi connectivity index (χ0) is 9.24. The Bertz CT molecular complexity index is 274. The lowest BCUT2D eigenvalue weighted by Crippen LogP contribution is -2.34. The molecule has 0 unspecified atom stereocenters. The van der Waals surface area contributed by atoms with Gasteiger partial charge in [-0.3, -0.25) is 0 Å². The van der Waals surface area contributed by atoms with Crippen molar-refractivity contribution >= 4 is 10.4 Å². The zero-order valence-electron chi connectivity index (χ0n) is 7.11. The maximum absolute atomic E-state index is 10.9. The molecule has 0 aromatic rings. The van der Waals surface area contributed by atoms with Crippen molar-refractivity contribution in [1.29, 1.82) is 0 Å². The summed E-state index contributed by atoms with van der Waals surface area (Å²) in [7, 11) is -3.80. The van der Waals surface area contributed by atoms with Gasteiger partial charge in [0.1, 0.15) is 11.9 Å². The van der Waals surface area contributed by atoms with Gasteiger partial charge in [0.2, 0.25) is 0 Å². The molecule has 0 radical (unpaired) electrons. The molecule has 0 atom stereocenters. The Hall–Kier alpha value is -0.550. The summed E-state index contributed by atoms with van der Waals surface area (Å²) >= 11 is 0. The molecule has 1 heterocycles. The van der Waals surface area contributed by atoms with Gasteiger partial charge in [-0.15, -0.1) is 0 Å². The fraction of sp³-hybridized carbons (Fsp3) is 0.714. The molecule has 0 aliphatic carbocycles. The molecule has 0 aromatic heterocycles. The van der Waals surface area contributed by atoms with Crippen LogP contribution in [0.15, 0.2) is 12.3 Å². The van der Waals surface area contributed by atoms with Gasteiger partial charge in [-0.05, 0) is 18.9 Å². The van der Waals surface area contributed by atoms with Gasteiger partial charge in [-0.25, -0.2) is 4.18 Å². The van der Waals surface area contributed by atoms with E-state index in [0.717, 1.165) is 0 Å². The summed E-state index contributed by atoms with van der Waals surface area (Å²) in [6.45, 7) is 3.74. The molecule has 0 saturated carbocycles. The number of hydrogen-bond acceptors (Lipinski definition) is 4. The van der Waals surface area contributed by atoms with Crippen LogP contribution in [0.4, 0.5) is 0 Å². The smallest absolute Gasteiger partial charge is 0.370 e. The predicted octanol–water partition coefficient (Wildman–Crippen LogP) is 1.35. The van der Waals surface area contributed by atoms with E-state index in [2.05, 4.69) is 4.18 Å². The second-order valence-corrected chi connectivity index (χ2v) is 3.84. The molecule has 12 heavy (non-hydrogen) atoms. The molecule has 1 aliphatic heterocycles. The van der Waals surface area contributed by atoms with Crippen molar-refractivity contribution in [2.24, 2.45) is 0 Å². The highest BCUT2D eigenvalue weighted by Crippen LogP contribution is 2.28. The molecule has 0 amide bonds. The Kier molecular flexibility index (Phi) is 2.44. The molecule has 0 fully saturated rings. The van der Waals surface area contributed by atoms with Crippen LogP contribution in [0.25, 0.3) is 0 Å². The zero-order valence-corrected chi connectivity index (χ0v) is 7.93. The molecule has 0 saturated heterocycles. The van der Waals surface area contributed by atoms with Gasteiger partial charge >= 0.3 is 10.4 Å². The van der Waals surface area contributed by atoms with Gasteiger partial charge in [0.05, 0.1) is 0 Å². The van der Waals surface area contributed by atoms with Gasteiger partial charge < -0.3 is 4.18 Å². The molecule has 0 spiro atoms. The Morgan fingerprint density at radius 3 is 2.25 bits per heavy atom. The first kappa shape index (κ1) is 9.54. The summed E-state index contributed by atoms with van der Waals surface area (Å²) in [5.41, 5.74) is -0.697. The Morgan fingerprint density at radius 1 is 1.33 bits per heavy atom. The fourth-order valence-electron chi connectivity index (χ4n) is 1.07. The highest BCUT2D eigenvalue weighted by molar-refractivity contribution is 7.82. The fourth-order valence-corrected chi connectivity index (χ4v) is 2.00. The van der Waals surface area contributed by atoms with E-state index in [1.807, 2.05) is 13.8 Å². The molecule has 0 bridgehead atoms. The van der Waals surface area contributed by atoms with Crippen LogP contribution in [0, 0.1) is 0 Å². The third kappa shape index (κ3) is 1.78. The first-order valence-corrected chi connectivity index (χ1v) is 5.18. The largest absolute Gasteiger partial charge is 0.449 e. The van der Waals surface area contributed by atoms with Gasteiger partial charge in [-0.1, -0.05) is 13.8 Å². The van der Waals surface area contributed by atoms with Crippen molar-refractivity contribution in [3.63, 3.8) is 0 Å². The quantitative estimate of drug-likeness (QED) is 0.662. The van der Waals surface area contributed by atoms with E-state index in [1.54, 1.807) is 6.08 Å². The third-order valence-electron chi connectivity index (χ3n) is 2.01. The Morgan fingerprint density at radius 2 is 1.92 bits per heavy atom. The Balaban J connectivity index is 2.94. The molecule has 1 aliphatic rings. The third-order valence-corrected chi connectivity index (χ3v) is 2.89. The van der Waals surface area contributed by atoms with Crippen LogP contribution in [0.3, 0.4) is 0 Å². The molecule has 5 heteroatoms. The van der Waals surface area contributed by atoms with E-state index in [4.69, 9.17) is 4.18 Å². The summed E-state index contributed by atoms with van der Waals surface area (Å²) in [5, 5.41) is 0. The minimum absolute atomic E-state index is 0.614. The van der Waals surface area contributed by atoms with Gasteiger partial charge in [0, 0.05) is 0 Å². The summed E-state index contributed by atoms with van der Waals surface area (Å²) in [5.74, 6) is 0. The van der Waals surface area contributed by atoms with Gasteiger partial charge in [0.25, 0.3) is 0 Å². The lowest BCUT2D eigenvalue weighted by molar-refractivity contribution is 0.0838. The maximum atomic E-state index is 10.9. The molecule has 70 valence electrons. The van der Waals surface area contributed by atoms with Crippen LogP contribution in [-0.2, 0) is 18.8 Å². The normalized spacial score (nSPS) is 24.8. The van der Waals surface area contributed by atoms with Crippen LogP contribution >= 0.6 is 0 Å². The second-order valence-electron chi connectivity index (χ2n) is 2.66. The number of hydrogen-bond donors (Lipinski definition) is 0. The van der Waals surface area contributed by atoms with E-state index in [1.165, 1.54) is 6.26 Å². The van der Waals surface area contributed by atoms with Crippen molar-refractivity contribution in [1.82, 2.24) is 0 Å². The monoisotopic (exact) mass is 192 g/mol.